The molecule has 0 unspecified atom stereocenters. The minimum absolute atomic E-state index is 0.664. The highest BCUT2D eigenvalue weighted by Crippen LogP contribution is 2.41. The van der Waals surface area contributed by atoms with E-state index < -0.39 is 0 Å². The molecule has 26 heavy (non-hydrogen) atoms. The van der Waals surface area contributed by atoms with Crippen LogP contribution in [0.1, 0.15) is 35.3 Å². The molecule has 2 heterocycles. The van der Waals surface area contributed by atoms with Gasteiger partial charge in [-0.25, -0.2) is 4.98 Å². The second kappa shape index (κ2) is 7.14. The number of aryl methyl sites for hydroxylation is 1. The van der Waals surface area contributed by atoms with Gasteiger partial charge in [0.15, 0.2) is 16.6 Å². The number of nitrogens with one attached hydrogen (secondary N) is 1. The Bertz CT molecular complexity index is 960. The SMILES string of the molecule is COc1cc2nc(Nc3sc4c(c3C#N)CCCCC4)sc2cc1OC. The van der Waals surface area contributed by atoms with Crippen molar-refractivity contribution < 1.29 is 9.47 Å². The first-order valence-electron chi connectivity index (χ1n) is 8.57. The molecule has 0 amide bonds. The first kappa shape index (κ1) is 17.1. The van der Waals surface area contributed by atoms with Crippen molar-refractivity contribution in [2.24, 2.45) is 0 Å². The van der Waals surface area contributed by atoms with Crippen molar-refractivity contribution in [3.8, 4) is 17.6 Å². The first-order chi connectivity index (χ1) is 12.7. The van der Waals surface area contributed by atoms with Gasteiger partial charge in [0.25, 0.3) is 0 Å². The van der Waals surface area contributed by atoms with Gasteiger partial charge in [-0.05, 0) is 31.2 Å². The molecule has 134 valence electrons. The molecule has 0 bridgehead atoms. The zero-order valence-corrected chi connectivity index (χ0v) is 16.4. The average Bonchev–Trinajstić information content (AvgIpc) is 3.11. The molecule has 0 fully saturated rings. The van der Waals surface area contributed by atoms with Gasteiger partial charge in [0.2, 0.25) is 0 Å². The number of hydrogen-bond acceptors (Lipinski definition) is 7. The van der Waals surface area contributed by atoms with E-state index in [1.54, 1.807) is 36.9 Å². The number of anilines is 2. The van der Waals surface area contributed by atoms with E-state index in [2.05, 4.69) is 16.4 Å². The number of nitrogens with zero attached hydrogens (tertiary/aromatic N) is 2. The van der Waals surface area contributed by atoms with Gasteiger partial charge >= 0.3 is 0 Å². The Morgan fingerprint density at radius 2 is 1.85 bits per heavy atom. The van der Waals surface area contributed by atoms with E-state index in [1.165, 1.54) is 29.7 Å². The highest BCUT2D eigenvalue weighted by molar-refractivity contribution is 7.23. The Morgan fingerprint density at radius 3 is 2.62 bits per heavy atom. The number of benzene rings is 1. The predicted octanol–water partition coefficient (Wildman–Crippen LogP) is 5.26. The third kappa shape index (κ3) is 3.00. The minimum Gasteiger partial charge on any atom is -0.493 e. The molecule has 1 aromatic carbocycles. The van der Waals surface area contributed by atoms with Gasteiger partial charge in [-0.1, -0.05) is 17.8 Å². The summed E-state index contributed by atoms with van der Waals surface area (Å²) in [5.41, 5.74) is 2.88. The van der Waals surface area contributed by atoms with Crippen molar-refractivity contribution in [2.45, 2.75) is 32.1 Å². The quantitative estimate of drug-likeness (QED) is 0.621. The van der Waals surface area contributed by atoms with E-state index in [4.69, 9.17) is 9.47 Å². The summed E-state index contributed by atoms with van der Waals surface area (Å²) >= 11 is 3.25. The fourth-order valence-electron chi connectivity index (χ4n) is 3.35. The van der Waals surface area contributed by atoms with Crippen molar-refractivity contribution >= 4 is 43.0 Å². The van der Waals surface area contributed by atoms with Crippen LogP contribution in [0, 0.1) is 11.3 Å². The number of fused-ring (bicyclic) bond motifs is 2. The lowest BCUT2D eigenvalue weighted by Crippen LogP contribution is -1.92. The van der Waals surface area contributed by atoms with Crippen molar-refractivity contribution in [3.63, 3.8) is 0 Å². The van der Waals surface area contributed by atoms with Gasteiger partial charge in [-0.3, -0.25) is 0 Å². The zero-order valence-electron chi connectivity index (χ0n) is 14.7. The molecular weight excluding hydrogens is 366 g/mol. The number of thiophene rings is 1. The number of hydrogen-bond donors (Lipinski definition) is 1. The first-order valence-corrected chi connectivity index (χ1v) is 10.2. The maximum atomic E-state index is 9.68. The van der Waals surface area contributed by atoms with Gasteiger partial charge in [0.05, 0.1) is 30.0 Å². The van der Waals surface area contributed by atoms with Crippen LogP contribution >= 0.6 is 22.7 Å². The van der Waals surface area contributed by atoms with Crippen LogP contribution in [0.15, 0.2) is 12.1 Å². The molecule has 7 heteroatoms. The molecule has 1 aliphatic carbocycles. The number of nitriles is 1. The van der Waals surface area contributed by atoms with Crippen molar-refractivity contribution in [2.75, 3.05) is 19.5 Å². The van der Waals surface area contributed by atoms with Crippen LogP contribution in [0.5, 0.6) is 11.5 Å². The summed E-state index contributed by atoms with van der Waals surface area (Å²) in [7, 11) is 3.25. The number of aromatic nitrogens is 1. The van der Waals surface area contributed by atoms with E-state index in [-0.39, 0.29) is 0 Å². The number of rotatable bonds is 4. The molecule has 2 aromatic heterocycles. The van der Waals surface area contributed by atoms with Crippen LogP contribution in [0.25, 0.3) is 10.2 Å². The minimum atomic E-state index is 0.664. The molecular formula is C19H19N3O2S2. The highest BCUT2D eigenvalue weighted by Gasteiger charge is 2.21. The van der Waals surface area contributed by atoms with Crippen molar-refractivity contribution in [1.82, 2.24) is 4.98 Å². The lowest BCUT2D eigenvalue weighted by atomic mass is 10.1. The number of thiazole rings is 1. The molecule has 5 nitrogen and oxygen atoms in total. The molecule has 1 aliphatic rings. The van der Waals surface area contributed by atoms with E-state index in [0.717, 1.165) is 38.8 Å². The molecule has 0 atom stereocenters. The maximum absolute atomic E-state index is 9.68. The average molecular weight is 386 g/mol. The summed E-state index contributed by atoms with van der Waals surface area (Å²) in [5.74, 6) is 1.35. The normalized spacial score (nSPS) is 13.7. The maximum Gasteiger partial charge on any atom is 0.188 e. The molecule has 0 spiro atoms. The third-order valence-electron chi connectivity index (χ3n) is 4.65. The summed E-state index contributed by atoms with van der Waals surface area (Å²) in [6.45, 7) is 0. The largest absolute Gasteiger partial charge is 0.493 e. The smallest absolute Gasteiger partial charge is 0.188 e. The number of ether oxygens (including phenoxy) is 2. The molecule has 0 saturated carbocycles. The molecule has 4 rings (SSSR count). The fraction of sp³-hybridized carbons (Fsp3) is 0.368. The molecule has 0 saturated heterocycles. The molecule has 3 aromatic rings. The Morgan fingerprint density at radius 1 is 1.08 bits per heavy atom. The van der Waals surface area contributed by atoms with E-state index in [1.807, 2.05) is 12.1 Å². The van der Waals surface area contributed by atoms with Gasteiger partial charge in [0.1, 0.15) is 11.1 Å². The fourth-order valence-corrected chi connectivity index (χ4v) is 5.54. The second-order valence-corrected chi connectivity index (χ2v) is 8.34. The topological polar surface area (TPSA) is 67.2 Å². The van der Waals surface area contributed by atoms with Crippen LogP contribution in [-0.4, -0.2) is 19.2 Å². The summed E-state index contributed by atoms with van der Waals surface area (Å²) < 4.78 is 11.7. The summed E-state index contributed by atoms with van der Waals surface area (Å²) in [5, 5.41) is 14.8. The van der Waals surface area contributed by atoms with Gasteiger partial charge in [-0.15, -0.1) is 11.3 Å². The number of methoxy groups -OCH3 is 2. The predicted molar refractivity (Wildman–Crippen MR) is 106 cm³/mol. The Labute approximate surface area is 160 Å². The van der Waals surface area contributed by atoms with Crippen LogP contribution in [0.2, 0.25) is 0 Å². The lowest BCUT2D eigenvalue weighted by molar-refractivity contribution is 0.356. The Balaban J connectivity index is 1.70. The van der Waals surface area contributed by atoms with Crippen LogP contribution < -0.4 is 14.8 Å². The molecule has 1 N–H and O–H groups in total. The van der Waals surface area contributed by atoms with Gasteiger partial charge in [0, 0.05) is 17.0 Å². The van der Waals surface area contributed by atoms with Crippen LogP contribution in [0.4, 0.5) is 10.1 Å². The monoisotopic (exact) mass is 385 g/mol. The van der Waals surface area contributed by atoms with Gasteiger partial charge in [-0.2, -0.15) is 5.26 Å². The van der Waals surface area contributed by atoms with Crippen molar-refractivity contribution in [1.29, 1.82) is 5.26 Å². The standard InChI is InChI=1S/C19H19N3O2S2/c1-23-14-8-13-17(9-15(14)24-2)26-19(21-13)22-18-12(10-20)11-6-4-3-5-7-16(11)25-18/h8-9H,3-7H2,1-2H3,(H,21,22). The second-order valence-electron chi connectivity index (χ2n) is 6.20. The van der Waals surface area contributed by atoms with Crippen molar-refractivity contribution in [3.05, 3.63) is 28.1 Å². The Kier molecular flexibility index (Phi) is 4.70. The third-order valence-corrected chi connectivity index (χ3v) is 6.79. The Hall–Kier alpha value is -2.30. The van der Waals surface area contributed by atoms with E-state index in [9.17, 15) is 5.26 Å². The van der Waals surface area contributed by atoms with E-state index in [0.29, 0.717) is 11.5 Å². The molecule has 0 radical (unpaired) electrons. The van der Waals surface area contributed by atoms with Crippen LogP contribution in [0.3, 0.4) is 0 Å². The zero-order chi connectivity index (χ0) is 18.1. The van der Waals surface area contributed by atoms with Gasteiger partial charge < -0.3 is 14.8 Å². The summed E-state index contributed by atoms with van der Waals surface area (Å²) in [4.78, 5) is 6.01. The highest BCUT2D eigenvalue weighted by atomic mass is 32.1. The summed E-state index contributed by atoms with van der Waals surface area (Å²) in [6.07, 6.45) is 5.70. The molecule has 0 aliphatic heterocycles. The summed E-state index contributed by atoms with van der Waals surface area (Å²) in [6, 6.07) is 6.22. The van der Waals surface area contributed by atoms with E-state index >= 15 is 0 Å². The lowest BCUT2D eigenvalue weighted by Gasteiger charge is -2.05. The van der Waals surface area contributed by atoms with Crippen LogP contribution in [-0.2, 0) is 12.8 Å².